The number of aromatic hydroxyl groups is 1. The number of amides is 1. The van der Waals surface area contributed by atoms with Gasteiger partial charge in [-0.3, -0.25) is 9.59 Å². The molecule has 1 heterocycles. The van der Waals surface area contributed by atoms with Crippen LogP contribution in [0.2, 0.25) is 0 Å². The van der Waals surface area contributed by atoms with Crippen molar-refractivity contribution in [1.82, 2.24) is 9.80 Å². The van der Waals surface area contributed by atoms with Gasteiger partial charge in [-0.25, -0.2) is 0 Å². The lowest BCUT2D eigenvalue weighted by molar-refractivity contribution is -0.140. The SMILES string of the molecule is CCN(CC)CCN1C(=O)C(=O)C(=C(O)c2cc(C)ccc2O)C1c1cc(OC)ccc1OC. The molecule has 1 atom stereocenters. The quantitative estimate of drug-likeness (QED) is 0.330. The van der Waals surface area contributed by atoms with E-state index in [0.29, 0.717) is 23.6 Å². The van der Waals surface area contributed by atoms with Gasteiger partial charge >= 0.3 is 0 Å². The van der Waals surface area contributed by atoms with E-state index in [4.69, 9.17) is 9.47 Å². The summed E-state index contributed by atoms with van der Waals surface area (Å²) in [6.07, 6.45) is 0. The smallest absolute Gasteiger partial charge is 0.295 e. The number of likely N-dealkylation sites (N-methyl/N-ethyl adjacent to an activating group) is 1. The van der Waals surface area contributed by atoms with Gasteiger partial charge in [-0.05, 0) is 50.3 Å². The van der Waals surface area contributed by atoms with Crippen LogP contribution >= 0.6 is 0 Å². The Morgan fingerprint density at radius 1 is 1.06 bits per heavy atom. The fourth-order valence-corrected chi connectivity index (χ4v) is 4.26. The third kappa shape index (κ3) is 4.72. The number of Topliss-reactive ketones (excluding diaryl/α,β-unsaturated/α-hetero) is 1. The van der Waals surface area contributed by atoms with Gasteiger partial charge in [0, 0.05) is 18.7 Å². The zero-order chi connectivity index (χ0) is 25.0. The molecule has 2 N–H and O–H groups in total. The molecule has 2 aromatic rings. The summed E-state index contributed by atoms with van der Waals surface area (Å²) in [4.78, 5) is 30.1. The number of aliphatic hydroxyl groups is 1. The van der Waals surface area contributed by atoms with Crippen LogP contribution in [0.4, 0.5) is 0 Å². The molecule has 182 valence electrons. The lowest BCUT2D eigenvalue weighted by atomic mass is 9.93. The van der Waals surface area contributed by atoms with Crippen molar-refractivity contribution in [1.29, 1.82) is 0 Å². The maximum absolute atomic E-state index is 13.3. The first-order chi connectivity index (χ1) is 16.3. The van der Waals surface area contributed by atoms with Gasteiger partial charge in [0.2, 0.25) is 0 Å². The first-order valence-corrected chi connectivity index (χ1v) is 11.3. The first-order valence-electron chi connectivity index (χ1n) is 11.3. The van der Waals surface area contributed by atoms with Crippen LogP contribution in [0.25, 0.3) is 5.76 Å². The second-order valence-corrected chi connectivity index (χ2v) is 8.15. The van der Waals surface area contributed by atoms with Crippen molar-refractivity contribution in [2.24, 2.45) is 0 Å². The average molecular weight is 469 g/mol. The minimum atomic E-state index is -0.916. The molecular weight excluding hydrogens is 436 g/mol. The van der Waals surface area contributed by atoms with Crippen molar-refractivity contribution in [2.75, 3.05) is 40.4 Å². The molecule has 2 aromatic carbocycles. The number of ether oxygens (including phenoxy) is 2. The largest absolute Gasteiger partial charge is 0.507 e. The molecule has 1 aliphatic heterocycles. The third-order valence-electron chi connectivity index (χ3n) is 6.23. The lowest BCUT2D eigenvalue weighted by Crippen LogP contribution is -2.38. The predicted octanol–water partition coefficient (Wildman–Crippen LogP) is 3.48. The minimum Gasteiger partial charge on any atom is -0.507 e. The number of benzene rings is 2. The van der Waals surface area contributed by atoms with Gasteiger partial charge in [0.15, 0.2) is 0 Å². The summed E-state index contributed by atoms with van der Waals surface area (Å²) in [5.41, 5.74) is 1.28. The Balaban J connectivity index is 2.24. The zero-order valence-corrected chi connectivity index (χ0v) is 20.3. The number of carbonyl (C=O) groups excluding carboxylic acids is 2. The summed E-state index contributed by atoms with van der Waals surface area (Å²) in [6.45, 7) is 8.28. The first kappa shape index (κ1) is 25.1. The maximum atomic E-state index is 13.3. The van der Waals surface area contributed by atoms with E-state index >= 15 is 0 Å². The van der Waals surface area contributed by atoms with Gasteiger partial charge in [0.25, 0.3) is 11.7 Å². The van der Waals surface area contributed by atoms with Gasteiger partial charge in [0.05, 0.1) is 31.4 Å². The Bertz CT molecular complexity index is 1110. The van der Waals surface area contributed by atoms with E-state index in [2.05, 4.69) is 4.90 Å². The molecule has 1 unspecified atom stereocenters. The minimum absolute atomic E-state index is 0.0913. The molecular formula is C26H32N2O6. The number of rotatable bonds is 9. The summed E-state index contributed by atoms with van der Waals surface area (Å²) >= 11 is 0. The normalized spacial score (nSPS) is 17.5. The van der Waals surface area contributed by atoms with Crippen LogP contribution in [-0.4, -0.2) is 72.1 Å². The van der Waals surface area contributed by atoms with E-state index < -0.39 is 23.5 Å². The summed E-state index contributed by atoms with van der Waals surface area (Å²) in [5, 5.41) is 21.7. The van der Waals surface area contributed by atoms with E-state index in [-0.39, 0.29) is 23.4 Å². The molecule has 0 spiro atoms. The highest BCUT2D eigenvalue weighted by atomic mass is 16.5. The Kier molecular flexibility index (Phi) is 7.83. The van der Waals surface area contributed by atoms with E-state index in [1.807, 2.05) is 20.8 Å². The third-order valence-corrected chi connectivity index (χ3v) is 6.23. The molecule has 1 amide bonds. The van der Waals surface area contributed by atoms with Crippen molar-refractivity contribution in [3.8, 4) is 17.2 Å². The monoisotopic (exact) mass is 468 g/mol. The number of aliphatic hydroxyl groups excluding tert-OH is 1. The summed E-state index contributed by atoms with van der Waals surface area (Å²) in [7, 11) is 3.02. The molecule has 1 aliphatic rings. The maximum Gasteiger partial charge on any atom is 0.295 e. The number of carbonyl (C=O) groups is 2. The number of nitrogens with zero attached hydrogens (tertiary/aromatic N) is 2. The van der Waals surface area contributed by atoms with Crippen LogP contribution < -0.4 is 9.47 Å². The van der Waals surface area contributed by atoms with Crippen molar-refractivity contribution < 1.29 is 29.3 Å². The Labute approximate surface area is 200 Å². The van der Waals surface area contributed by atoms with Crippen LogP contribution in [0.3, 0.4) is 0 Å². The molecule has 0 aromatic heterocycles. The van der Waals surface area contributed by atoms with Crippen molar-refractivity contribution >= 4 is 17.4 Å². The number of methoxy groups -OCH3 is 2. The highest BCUT2D eigenvalue weighted by molar-refractivity contribution is 6.46. The van der Waals surface area contributed by atoms with Gasteiger partial charge < -0.3 is 29.5 Å². The van der Waals surface area contributed by atoms with Crippen LogP contribution in [0, 0.1) is 6.92 Å². The molecule has 0 saturated carbocycles. The van der Waals surface area contributed by atoms with Gasteiger partial charge in [-0.1, -0.05) is 25.5 Å². The summed E-state index contributed by atoms with van der Waals surface area (Å²) in [6, 6.07) is 8.91. The standard InChI is InChI=1S/C26H32N2O6/c1-6-27(7-2)12-13-28-23(19-15-17(33-4)9-11-21(19)34-5)22(25(31)26(28)32)24(30)18-14-16(3)8-10-20(18)29/h8-11,14-15,23,29-30H,6-7,12-13H2,1-5H3. The van der Waals surface area contributed by atoms with E-state index in [1.54, 1.807) is 30.3 Å². The van der Waals surface area contributed by atoms with Gasteiger partial charge in [-0.2, -0.15) is 0 Å². The fraction of sp³-hybridized carbons (Fsp3) is 0.385. The Hall–Kier alpha value is -3.52. The molecule has 1 fully saturated rings. The topological polar surface area (TPSA) is 99.5 Å². The zero-order valence-electron chi connectivity index (χ0n) is 20.3. The average Bonchev–Trinajstić information content (AvgIpc) is 3.10. The van der Waals surface area contributed by atoms with E-state index in [9.17, 15) is 19.8 Å². The summed E-state index contributed by atoms with van der Waals surface area (Å²) in [5.74, 6) is -1.18. The highest BCUT2D eigenvalue weighted by Gasteiger charge is 2.47. The molecule has 8 nitrogen and oxygen atoms in total. The fourth-order valence-electron chi connectivity index (χ4n) is 4.26. The van der Waals surface area contributed by atoms with Crippen molar-refractivity contribution in [3.05, 3.63) is 58.7 Å². The van der Waals surface area contributed by atoms with Crippen molar-refractivity contribution in [2.45, 2.75) is 26.8 Å². The Morgan fingerprint density at radius 3 is 2.38 bits per heavy atom. The van der Waals surface area contributed by atoms with Gasteiger partial charge in [0.1, 0.15) is 23.0 Å². The predicted molar refractivity (Wildman–Crippen MR) is 129 cm³/mol. The molecule has 0 aliphatic carbocycles. The number of phenolic OH excluding ortho intramolecular Hbond substituents is 1. The number of hydrogen-bond acceptors (Lipinski definition) is 7. The molecule has 0 bridgehead atoms. The van der Waals surface area contributed by atoms with Crippen LogP contribution in [0.15, 0.2) is 42.0 Å². The second-order valence-electron chi connectivity index (χ2n) is 8.15. The number of aryl methyl sites for hydroxylation is 1. The van der Waals surface area contributed by atoms with Crippen molar-refractivity contribution in [3.63, 3.8) is 0 Å². The van der Waals surface area contributed by atoms with Gasteiger partial charge in [-0.15, -0.1) is 0 Å². The molecule has 8 heteroatoms. The molecule has 3 rings (SSSR count). The Morgan fingerprint density at radius 2 is 1.76 bits per heavy atom. The van der Waals surface area contributed by atoms with E-state index in [0.717, 1.165) is 18.7 Å². The van der Waals surface area contributed by atoms with Crippen LogP contribution in [0.1, 0.15) is 36.6 Å². The van der Waals surface area contributed by atoms with Crippen LogP contribution in [-0.2, 0) is 9.59 Å². The summed E-state index contributed by atoms with van der Waals surface area (Å²) < 4.78 is 10.9. The molecule has 1 saturated heterocycles. The molecule has 0 radical (unpaired) electrons. The lowest BCUT2D eigenvalue weighted by Gasteiger charge is -2.29. The number of hydrogen-bond donors (Lipinski definition) is 2. The highest BCUT2D eigenvalue weighted by Crippen LogP contribution is 2.44. The van der Waals surface area contributed by atoms with E-state index in [1.165, 1.54) is 25.2 Å². The van der Waals surface area contributed by atoms with Crippen LogP contribution in [0.5, 0.6) is 17.2 Å². The number of ketones is 1. The number of phenols is 1. The number of likely N-dealkylation sites (tertiary alicyclic amines) is 1. The second kappa shape index (κ2) is 10.6. The molecule has 34 heavy (non-hydrogen) atoms.